The van der Waals surface area contributed by atoms with Crippen molar-refractivity contribution in [2.45, 2.75) is 6.04 Å². The second-order valence-electron chi connectivity index (χ2n) is 13.2. The summed E-state index contributed by atoms with van der Waals surface area (Å²) in [5, 5.41) is 7.61. The van der Waals surface area contributed by atoms with Gasteiger partial charge in [0.05, 0.1) is 22.8 Å². The third-order valence-electron chi connectivity index (χ3n) is 10.0. The Morgan fingerprint density at radius 1 is 0.519 bits per heavy atom. The summed E-state index contributed by atoms with van der Waals surface area (Å²) >= 11 is 1.90. The summed E-state index contributed by atoms with van der Waals surface area (Å²) in [6.45, 7) is 0. The number of hydrogen-bond acceptors (Lipinski definition) is 3. The van der Waals surface area contributed by atoms with Crippen molar-refractivity contribution in [1.29, 1.82) is 0 Å². The summed E-state index contributed by atoms with van der Waals surface area (Å²) in [5.41, 5.74) is 11.6. The minimum Gasteiger partial charge on any atom is -0.359 e. The van der Waals surface area contributed by atoms with Crippen LogP contribution >= 0.6 is 11.3 Å². The van der Waals surface area contributed by atoms with Crippen molar-refractivity contribution in [3.8, 4) is 27.3 Å². The molecule has 3 nitrogen and oxygen atoms in total. The molecule has 0 bridgehead atoms. The number of aliphatic imine (C=N–C) groups is 1. The Hall–Kier alpha value is -6.49. The van der Waals surface area contributed by atoms with Crippen molar-refractivity contribution >= 4 is 54.8 Å². The van der Waals surface area contributed by atoms with E-state index in [1.54, 1.807) is 0 Å². The van der Waals surface area contributed by atoms with Crippen molar-refractivity contribution in [2.24, 2.45) is 4.99 Å². The maximum atomic E-state index is 5.10. The van der Waals surface area contributed by atoms with Gasteiger partial charge in [-0.2, -0.15) is 0 Å². The fourth-order valence-corrected chi connectivity index (χ4v) is 9.04. The molecule has 0 saturated heterocycles. The summed E-state index contributed by atoms with van der Waals surface area (Å²) < 4.78 is 3.75. The molecule has 2 aromatic heterocycles. The van der Waals surface area contributed by atoms with Crippen LogP contribution in [0.1, 0.15) is 22.7 Å². The summed E-state index contributed by atoms with van der Waals surface area (Å²) in [7, 11) is 0. The molecule has 0 spiro atoms. The van der Waals surface area contributed by atoms with E-state index in [-0.39, 0.29) is 6.04 Å². The first kappa shape index (κ1) is 30.3. The van der Waals surface area contributed by atoms with E-state index in [0.717, 1.165) is 28.3 Å². The van der Waals surface area contributed by atoms with Gasteiger partial charge in [-0.25, -0.2) is 4.99 Å². The van der Waals surface area contributed by atoms with E-state index in [1.807, 2.05) is 17.4 Å². The molecule has 9 aromatic rings. The lowest BCUT2D eigenvalue weighted by Crippen LogP contribution is -2.31. The van der Waals surface area contributed by atoms with Crippen LogP contribution in [0.4, 0.5) is 0 Å². The summed E-state index contributed by atoms with van der Waals surface area (Å²) in [4.78, 5) is 6.40. The summed E-state index contributed by atoms with van der Waals surface area (Å²) in [6.07, 6.45) is 2.25. The van der Waals surface area contributed by atoms with Gasteiger partial charge in [-0.15, -0.1) is 11.3 Å². The number of nitrogens with one attached hydrogen (secondary N) is 1. The van der Waals surface area contributed by atoms with Gasteiger partial charge in [0.15, 0.2) is 0 Å². The molecule has 0 saturated carbocycles. The van der Waals surface area contributed by atoms with Crippen molar-refractivity contribution in [3.05, 3.63) is 205 Å². The number of amidine groups is 1. The second-order valence-corrected chi connectivity index (χ2v) is 14.2. The maximum absolute atomic E-state index is 5.10. The molecule has 0 fully saturated rings. The molecule has 0 aliphatic carbocycles. The van der Waals surface area contributed by atoms with E-state index in [9.17, 15) is 0 Å². The first-order valence-electron chi connectivity index (χ1n) is 17.7. The van der Waals surface area contributed by atoms with Crippen LogP contribution in [0.15, 0.2) is 193 Å². The van der Waals surface area contributed by atoms with E-state index >= 15 is 0 Å². The van der Waals surface area contributed by atoms with Crippen LogP contribution in [-0.2, 0) is 0 Å². The zero-order chi connectivity index (χ0) is 34.4. The van der Waals surface area contributed by atoms with Gasteiger partial charge in [0.25, 0.3) is 0 Å². The molecule has 1 N–H and O–H groups in total. The molecule has 0 radical (unpaired) electrons. The monoisotopic (exact) mass is 683 g/mol. The van der Waals surface area contributed by atoms with Crippen LogP contribution in [0.3, 0.4) is 0 Å². The number of rotatable bonds is 6. The third-order valence-corrected chi connectivity index (χ3v) is 11.3. The van der Waals surface area contributed by atoms with Gasteiger partial charge in [-0.3, -0.25) is 0 Å². The molecular formula is C48H33N3S. The molecule has 1 aliphatic heterocycles. The quantitative estimate of drug-likeness (QED) is 0.186. The highest BCUT2D eigenvalue weighted by atomic mass is 32.1. The van der Waals surface area contributed by atoms with Gasteiger partial charge in [0.2, 0.25) is 0 Å². The largest absolute Gasteiger partial charge is 0.359 e. The molecule has 246 valence electrons. The molecule has 4 heteroatoms. The van der Waals surface area contributed by atoms with E-state index in [1.165, 1.54) is 59.0 Å². The lowest BCUT2D eigenvalue weighted by atomic mass is 9.98. The number of nitrogens with zero attached hydrogens (tertiary/aromatic N) is 2. The van der Waals surface area contributed by atoms with Gasteiger partial charge in [-0.05, 0) is 52.6 Å². The number of para-hydroxylation sites is 1. The van der Waals surface area contributed by atoms with E-state index < -0.39 is 0 Å². The van der Waals surface area contributed by atoms with Crippen molar-refractivity contribution < 1.29 is 0 Å². The van der Waals surface area contributed by atoms with Crippen LogP contribution in [-0.4, -0.2) is 10.4 Å². The molecule has 7 aromatic carbocycles. The summed E-state index contributed by atoms with van der Waals surface area (Å²) in [6, 6.07) is 64.9. The Kier molecular flexibility index (Phi) is 7.40. The number of thiophene rings is 1. The highest BCUT2D eigenvalue weighted by Crippen LogP contribution is 2.49. The number of aromatic nitrogens is 1. The van der Waals surface area contributed by atoms with Crippen LogP contribution in [0.25, 0.3) is 64.8 Å². The van der Waals surface area contributed by atoms with E-state index in [2.05, 4.69) is 192 Å². The Bertz CT molecular complexity index is 2790. The molecule has 52 heavy (non-hydrogen) atoms. The fourth-order valence-electron chi connectivity index (χ4n) is 7.66. The lowest BCUT2D eigenvalue weighted by molar-refractivity contribution is 0.780. The normalized spacial score (nSPS) is 14.3. The molecule has 1 atom stereocenters. The molecule has 10 rings (SSSR count). The SMILES string of the molecule is C1=C(c2ccccc2)N=C(c2ccccc2)NC1c1cccc(-n2c3ccccc3c3c4sc(-c5ccccc5)c(-c5ccccc5)c4ccc32)c1. The van der Waals surface area contributed by atoms with Crippen LogP contribution in [0.5, 0.6) is 0 Å². The molecule has 1 aliphatic rings. The predicted octanol–water partition coefficient (Wildman–Crippen LogP) is 12.5. The predicted molar refractivity (Wildman–Crippen MR) is 220 cm³/mol. The van der Waals surface area contributed by atoms with Gasteiger partial charge >= 0.3 is 0 Å². The highest BCUT2D eigenvalue weighted by molar-refractivity contribution is 7.24. The van der Waals surface area contributed by atoms with Crippen LogP contribution in [0, 0.1) is 0 Å². The third kappa shape index (κ3) is 5.15. The van der Waals surface area contributed by atoms with Crippen molar-refractivity contribution in [3.63, 3.8) is 0 Å². The van der Waals surface area contributed by atoms with E-state index in [4.69, 9.17) is 4.99 Å². The maximum Gasteiger partial charge on any atom is 0.134 e. The van der Waals surface area contributed by atoms with Crippen LogP contribution in [0.2, 0.25) is 0 Å². The highest BCUT2D eigenvalue weighted by Gasteiger charge is 2.23. The smallest absolute Gasteiger partial charge is 0.134 e. The van der Waals surface area contributed by atoms with Gasteiger partial charge < -0.3 is 9.88 Å². The topological polar surface area (TPSA) is 29.3 Å². The first-order chi connectivity index (χ1) is 25.8. The number of hydrogen-bond donors (Lipinski definition) is 1. The summed E-state index contributed by atoms with van der Waals surface area (Å²) in [5.74, 6) is 0.873. The standard InChI is InChI=1S/C48H33N3S/c1-5-16-32(17-6-1)40-31-41(50-48(49-40)35-22-11-4-12-23-35)36-24-15-25-37(30-36)51-42-27-14-13-26-38(42)45-43(51)29-28-39-44(33-18-7-2-8-19-33)46(52-47(39)45)34-20-9-3-10-21-34/h1-31,41H,(H,49,50). The number of benzene rings is 7. The molecule has 1 unspecified atom stereocenters. The van der Waals surface area contributed by atoms with E-state index in [0.29, 0.717) is 0 Å². The Morgan fingerprint density at radius 2 is 1.15 bits per heavy atom. The zero-order valence-electron chi connectivity index (χ0n) is 28.3. The Labute approximate surface area is 306 Å². The Morgan fingerprint density at radius 3 is 1.88 bits per heavy atom. The average molecular weight is 684 g/mol. The van der Waals surface area contributed by atoms with Crippen molar-refractivity contribution in [2.75, 3.05) is 0 Å². The molecule has 3 heterocycles. The molecule has 0 amide bonds. The minimum atomic E-state index is -0.0678. The fraction of sp³-hybridized carbons (Fsp3) is 0.0208. The number of fused-ring (bicyclic) bond motifs is 5. The second kappa shape index (κ2) is 12.7. The zero-order valence-corrected chi connectivity index (χ0v) is 29.1. The first-order valence-corrected chi connectivity index (χ1v) is 18.5. The van der Waals surface area contributed by atoms with Crippen molar-refractivity contribution in [1.82, 2.24) is 9.88 Å². The minimum absolute atomic E-state index is 0.0678. The molecular weight excluding hydrogens is 651 g/mol. The van der Waals surface area contributed by atoms with Gasteiger partial charge in [0.1, 0.15) is 5.84 Å². The Balaban J connectivity index is 1.16. The van der Waals surface area contributed by atoms with Crippen LogP contribution < -0.4 is 5.32 Å². The van der Waals surface area contributed by atoms with Gasteiger partial charge in [0, 0.05) is 42.6 Å². The lowest BCUT2D eigenvalue weighted by Gasteiger charge is -2.25. The average Bonchev–Trinajstić information content (AvgIpc) is 3.78. The van der Waals surface area contributed by atoms with Gasteiger partial charge in [-0.1, -0.05) is 158 Å².